The van der Waals surface area contributed by atoms with Gasteiger partial charge in [0.05, 0.1) is 36.0 Å². The van der Waals surface area contributed by atoms with E-state index in [0.29, 0.717) is 37.9 Å². The second kappa shape index (κ2) is 13.0. The summed E-state index contributed by atoms with van der Waals surface area (Å²) in [6, 6.07) is 15.2. The average Bonchev–Trinajstić information content (AvgIpc) is 3.34. The molecule has 40 heavy (non-hydrogen) atoms. The Kier molecular flexibility index (Phi) is 9.51. The zero-order valence-corrected chi connectivity index (χ0v) is 23.1. The third kappa shape index (κ3) is 8.10. The van der Waals surface area contributed by atoms with Crippen molar-refractivity contribution in [2.45, 2.75) is 19.2 Å². The minimum absolute atomic E-state index is 0.0837. The van der Waals surface area contributed by atoms with Crippen molar-refractivity contribution in [1.29, 1.82) is 0 Å². The lowest BCUT2D eigenvalue weighted by atomic mass is 10.2. The van der Waals surface area contributed by atoms with Crippen LogP contribution in [0.5, 0.6) is 11.5 Å². The van der Waals surface area contributed by atoms with Crippen LogP contribution < -0.4 is 20.2 Å². The number of amides is 1. The Balaban J connectivity index is 1.32. The molecule has 4 aromatic rings. The number of hydrogen-bond acceptors (Lipinski definition) is 7. The number of aromatic nitrogens is 1. The van der Waals surface area contributed by atoms with E-state index in [1.54, 1.807) is 29.6 Å². The zero-order chi connectivity index (χ0) is 28.7. The van der Waals surface area contributed by atoms with Gasteiger partial charge in [-0.3, -0.25) is 4.79 Å². The Morgan fingerprint density at radius 1 is 1.12 bits per heavy atom. The molecule has 1 aromatic heterocycles. The van der Waals surface area contributed by atoms with E-state index in [-0.39, 0.29) is 18.7 Å². The summed E-state index contributed by atoms with van der Waals surface area (Å²) < 4.78 is 50.0. The highest BCUT2D eigenvalue weighted by Gasteiger charge is 2.30. The number of hydrazone groups is 1. The van der Waals surface area contributed by atoms with Crippen molar-refractivity contribution < 1.29 is 27.4 Å². The van der Waals surface area contributed by atoms with Crippen molar-refractivity contribution in [3.8, 4) is 11.5 Å². The van der Waals surface area contributed by atoms with Crippen LogP contribution in [-0.2, 0) is 24.0 Å². The van der Waals surface area contributed by atoms with Crippen LogP contribution in [0.25, 0.3) is 0 Å². The fourth-order valence-electron chi connectivity index (χ4n) is 3.42. The number of ether oxygens (including phenoxy) is 2. The molecule has 0 fully saturated rings. The molecule has 2 N–H and O–H groups in total. The predicted octanol–water partition coefficient (Wildman–Crippen LogP) is 7.49. The zero-order valence-electron chi connectivity index (χ0n) is 20.8. The minimum Gasteiger partial charge on any atom is -0.493 e. The van der Waals surface area contributed by atoms with Gasteiger partial charge >= 0.3 is 6.18 Å². The molecule has 0 saturated carbocycles. The lowest BCUT2D eigenvalue weighted by Crippen LogP contribution is -2.19. The van der Waals surface area contributed by atoms with Crippen LogP contribution in [0.4, 0.5) is 24.0 Å². The largest absolute Gasteiger partial charge is 0.493 e. The summed E-state index contributed by atoms with van der Waals surface area (Å²) in [5.41, 5.74) is 3.76. The highest BCUT2D eigenvalue weighted by Crippen LogP contribution is 2.37. The van der Waals surface area contributed by atoms with Crippen molar-refractivity contribution in [1.82, 2.24) is 10.4 Å². The molecule has 0 saturated heterocycles. The highest BCUT2D eigenvalue weighted by molar-refractivity contribution is 7.13. The highest BCUT2D eigenvalue weighted by atomic mass is 35.5. The molecule has 7 nitrogen and oxygen atoms in total. The smallest absolute Gasteiger partial charge is 0.416 e. The molecule has 1 heterocycles. The van der Waals surface area contributed by atoms with Gasteiger partial charge in [0.15, 0.2) is 16.6 Å². The Morgan fingerprint density at radius 2 is 1.90 bits per heavy atom. The van der Waals surface area contributed by atoms with Crippen LogP contribution >= 0.6 is 34.5 Å². The number of carbonyl (C=O) groups is 1. The van der Waals surface area contributed by atoms with Crippen LogP contribution in [-0.4, -0.2) is 24.2 Å². The molecule has 4 rings (SSSR count). The van der Waals surface area contributed by atoms with Crippen LogP contribution in [0.15, 0.2) is 71.1 Å². The maximum Gasteiger partial charge on any atom is 0.416 e. The Labute approximate surface area is 241 Å². The number of hydrogen-bond donors (Lipinski definition) is 2. The molecule has 0 aliphatic heterocycles. The number of carbonyl (C=O) groups excluding carboxylic acids is 1. The normalized spacial score (nSPS) is 11.4. The standard InChI is InChI=1S/C27H21Cl2F3N4O3S/c1-38-23-10-17(9-22(29)25(23)39-14-16-5-7-19(28)8-6-16)13-33-36-24(37)12-21-15-40-26(35-21)34-20-4-2-3-18(11-20)27(30,31)32/h2-11,13,15H,12,14H2,1H3,(H,34,35)(H,36,37)/b33-13-. The number of thiazole rings is 1. The number of alkyl halides is 3. The SMILES string of the molecule is COc1cc(/C=N\NC(=O)Cc2csc(Nc3cccc(C(F)(F)F)c3)n2)cc(Cl)c1OCc1ccc(Cl)cc1. The molecule has 0 unspecified atom stereocenters. The number of nitrogens with one attached hydrogen (secondary N) is 2. The summed E-state index contributed by atoms with van der Waals surface area (Å²) in [5.74, 6) is 0.309. The van der Waals surface area contributed by atoms with Crippen molar-refractivity contribution >= 4 is 57.5 Å². The van der Waals surface area contributed by atoms with Crippen LogP contribution in [0, 0.1) is 0 Å². The van der Waals surface area contributed by atoms with Crippen molar-refractivity contribution in [2.75, 3.05) is 12.4 Å². The van der Waals surface area contributed by atoms with Crippen molar-refractivity contribution in [2.24, 2.45) is 5.10 Å². The van der Waals surface area contributed by atoms with Gasteiger partial charge in [-0.2, -0.15) is 18.3 Å². The van der Waals surface area contributed by atoms with Gasteiger partial charge in [0.2, 0.25) is 5.91 Å². The maximum absolute atomic E-state index is 12.9. The van der Waals surface area contributed by atoms with Crippen molar-refractivity contribution in [3.05, 3.63) is 98.5 Å². The molecule has 0 bridgehead atoms. The summed E-state index contributed by atoms with van der Waals surface area (Å²) >= 11 is 13.5. The van der Waals surface area contributed by atoms with Crippen LogP contribution in [0.1, 0.15) is 22.4 Å². The number of halogens is 5. The summed E-state index contributed by atoms with van der Waals surface area (Å²) in [6.07, 6.45) is -3.13. The summed E-state index contributed by atoms with van der Waals surface area (Å²) in [7, 11) is 1.48. The van der Waals surface area contributed by atoms with E-state index in [9.17, 15) is 18.0 Å². The molecule has 0 aliphatic carbocycles. The monoisotopic (exact) mass is 608 g/mol. The number of rotatable bonds is 10. The first kappa shape index (κ1) is 29.2. The Bertz CT molecular complexity index is 1510. The number of methoxy groups -OCH3 is 1. The van der Waals surface area contributed by atoms with E-state index < -0.39 is 17.6 Å². The van der Waals surface area contributed by atoms with E-state index in [0.717, 1.165) is 29.0 Å². The van der Waals surface area contributed by atoms with E-state index in [4.69, 9.17) is 32.7 Å². The molecule has 13 heteroatoms. The second-order valence-corrected chi connectivity index (χ2v) is 9.97. The van der Waals surface area contributed by atoms with E-state index in [1.165, 1.54) is 25.5 Å². The summed E-state index contributed by atoms with van der Waals surface area (Å²) in [6.45, 7) is 0.255. The van der Waals surface area contributed by atoms with E-state index in [2.05, 4.69) is 20.8 Å². The lowest BCUT2D eigenvalue weighted by Gasteiger charge is -2.13. The first-order chi connectivity index (χ1) is 19.1. The fourth-order valence-corrected chi connectivity index (χ4v) is 4.55. The van der Waals surface area contributed by atoms with Crippen LogP contribution in [0.2, 0.25) is 10.0 Å². The topological polar surface area (TPSA) is 84.8 Å². The summed E-state index contributed by atoms with van der Waals surface area (Å²) in [4.78, 5) is 16.6. The Hall–Kier alpha value is -3.80. The first-order valence-corrected chi connectivity index (χ1v) is 13.2. The van der Waals surface area contributed by atoms with E-state index >= 15 is 0 Å². The van der Waals surface area contributed by atoms with Gasteiger partial charge in [-0.1, -0.05) is 41.4 Å². The summed E-state index contributed by atoms with van der Waals surface area (Å²) in [5, 5.41) is 9.68. The van der Waals surface area contributed by atoms with Gasteiger partial charge in [-0.25, -0.2) is 10.4 Å². The molecule has 3 aromatic carbocycles. The average molecular weight is 609 g/mol. The molecule has 0 atom stereocenters. The maximum atomic E-state index is 12.9. The Morgan fingerprint density at radius 3 is 2.62 bits per heavy atom. The molecule has 208 valence electrons. The molecule has 0 spiro atoms. The van der Waals surface area contributed by atoms with Gasteiger partial charge in [0, 0.05) is 16.1 Å². The molecular weight excluding hydrogens is 588 g/mol. The molecule has 0 aliphatic rings. The third-order valence-corrected chi connectivity index (χ3v) is 6.62. The van der Waals surface area contributed by atoms with Gasteiger partial charge < -0.3 is 14.8 Å². The lowest BCUT2D eigenvalue weighted by molar-refractivity contribution is -0.137. The molecule has 1 amide bonds. The second-order valence-electron chi connectivity index (χ2n) is 8.27. The van der Waals surface area contributed by atoms with Gasteiger partial charge in [-0.15, -0.1) is 11.3 Å². The van der Waals surface area contributed by atoms with Crippen LogP contribution in [0.3, 0.4) is 0 Å². The third-order valence-electron chi connectivity index (χ3n) is 5.29. The number of anilines is 2. The first-order valence-electron chi connectivity index (χ1n) is 11.6. The van der Waals surface area contributed by atoms with E-state index in [1.807, 2.05) is 12.1 Å². The quantitative estimate of drug-likeness (QED) is 0.144. The minimum atomic E-state index is -4.45. The van der Waals surface area contributed by atoms with Gasteiger partial charge in [-0.05, 0) is 53.6 Å². The van der Waals surface area contributed by atoms with Gasteiger partial charge in [0.1, 0.15) is 6.61 Å². The molecule has 0 radical (unpaired) electrons. The predicted molar refractivity (Wildman–Crippen MR) is 150 cm³/mol. The molecular formula is C27H21Cl2F3N4O3S. The fraction of sp³-hybridized carbons (Fsp3) is 0.148. The van der Waals surface area contributed by atoms with Crippen molar-refractivity contribution in [3.63, 3.8) is 0 Å². The number of benzene rings is 3. The number of nitrogens with zero attached hydrogens (tertiary/aromatic N) is 2. The van der Waals surface area contributed by atoms with Gasteiger partial charge in [0.25, 0.3) is 0 Å².